The molecule has 0 bridgehead atoms. The highest BCUT2D eigenvalue weighted by Gasteiger charge is 2.15. The first kappa shape index (κ1) is 27.0. The monoisotopic (exact) mass is 537 g/mol. The van der Waals surface area contributed by atoms with E-state index in [1.807, 2.05) is 67.5 Å². The molecule has 3 heterocycles. The van der Waals surface area contributed by atoms with Crippen LogP contribution in [0.25, 0.3) is 22.2 Å². The van der Waals surface area contributed by atoms with Gasteiger partial charge in [0.2, 0.25) is 11.9 Å². The SMILES string of the molecule is CN(C)CC=CC(=O)Nc1cccc(-c2nccc3c(N)nc(Nc4ccc(N5CCN(C)CC5)cc4)nc23)c1. The highest BCUT2D eigenvalue weighted by Crippen LogP contribution is 2.31. The van der Waals surface area contributed by atoms with Crippen LogP contribution in [0.4, 0.5) is 28.8 Å². The molecule has 0 spiro atoms. The normalized spacial score (nSPS) is 14.2. The minimum atomic E-state index is -0.193. The number of hydrogen-bond donors (Lipinski definition) is 3. The molecule has 0 saturated carbocycles. The molecule has 0 unspecified atom stereocenters. The van der Waals surface area contributed by atoms with E-state index in [0.717, 1.165) is 37.4 Å². The molecule has 0 atom stereocenters. The standard InChI is InChI=1S/C30H35N9O/c1-37(2)15-5-8-26(40)33-23-7-4-6-21(20-23)27-28-25(13-14-32-27)29(31)36-30(35-28)34-22-9-11-24(12-10-22)39-18-16-38(3)17-19-39/h4-14,20H,15-19H2,1-3H3,(H,33,40)(H3,31,34,35,36). The van der Waals surface area contributed by atoms with Gasteiger partial charge in [-0.05, 0) is 63.6 Å². The number of nitrogens with zero attached hydrogens (tertiary/aromatic N) is 6. The quantitative estimate of drug-likeness (QED) is 0.289. The number of carbonyl (C=O) groups is 1. The van der Waals surface area contributed by atoms with E-state index >= 15 is 0 Å². The summed E-state index contributed by atoms with van der Waals surface area (Å²) in [5.74, 6) is 0.560. The minimum Gasteiger partial charge on any atom is -0.383 e. The van der Waals surface area contributed by atoms with Gasteiger partial charge in [-0.2, -0.15) is 4.98 Å². The fourth-order valence-corrected chi connectivity index (χ4v) is 4.59. The molecule has 0 aliphatic carbocycles. The molecule has 2 aromatic heterocycles. The first-order valence-electron chi connectivity index (χ1n) is 13.3. The number of hydrogen-bond acceptors (Lipinski definition) is 9. The van der Waals surface area contributed by atoms with Crippen molar-refractivity contribution >= 4 is 45.6 Å². The van der Waals surface area contributed by atoms with Crippen molar-refractivity contribution in [2.24, 2.45) is 0 Å². The second-order valence-electron chi connectivity index (χ2n) is 10.2. The van der Waals surface area contributed by atoms with Crippen LogP contribution in [0.3, 0.4) is 0 Å². The van der Waals surface area contributed by atoms with Gasteiger partial charge >= 0.3 is 0 Å². The predicted octanol–water partition coefficient (Wildman–Crippen LogP) is 3.83. The van der Waals surface area contributed by atoms with Crippen LogP contribution in [0.1, 0.15) is 0 Å². The van der Waals surface area contributed by atoms with Crippen molar-refractivity contribution in [2.75, 3.05) is 75.1 Å². The van der Waals surface area contributed by atoms with E-state index in [2.05, 4.69) is 49.6 Å². The summed E-state index contributed by atoms with van der Waals surface area (Å²) in [4.78, 5) is 33.0. The fraction of sp³-hybridized carbons (Fsp3) is 0.267. The van der Waals surface area contributed by atoms with Crippen molar-refractivity contribution < 1.29 is 4.79 Å². The average molecular weight is 538 g/mol. The number of nitrogens with one attached hydrogen (secondary N) is 2. The smallest absolute Gasteiger partial charge is 0.248 e. The highest BCUT2D eigenvalue weighted by molar-refractivity contribution is 6.01. The zero-order valence-electron chi connectivity index (χ0n) is 23.1. The van der Waals surface area contributed by atoms with E-state index in [4.69, 9.17) is 10.7 Å². The summed E-state index contributed by atoms with van der Waals surface area (Å²) in [7, 11) is 6.05. The molecule has 1 fully saturated rings. The molecule has 1 aliphatic rings. The summed E-state index contributed by atoms with van der Waals surface area (Å²) in [5, 5.41) is 6.92. The lowest BCUT2D eigenvalue weighted by Gasteiger charge is -2.34. The van der Waals surface area contributed by atoms with Crippen LogP contribution in [0.5, 0.6) is 0 Å². The van der Waals surface area contributed by atoms with E-state index in [0.29, 0.717) is 40.6 Å². The maximum absolute atomic E-state index is 12.4. The second kappa shape index (κ2) is 12.1. The molecule has 5 rings (SSSR count). The van der Waals surface area contributed by atoms with Gasteiger partial charge in [-0.3, -0.25) is 9.78 Å². The Morgan fingerprint density at radius 2 is 1.80 bits per heavy atom. The Bertz CT molecular complexity index is 1510. The van der Waals surface area contributed by atoms with Crippen LogP contribution in [0, 0.1) is 0 Å². The molecule has 10 nitrogen and oxygen atoms in total. The van der Waals surface area contributed by atoms with Crippen LogP contribution in [-0.4, -0.2) is 84.5 Å². The number of likely N-dealkylation sites (N-methyl/N-ethyl adjacent to an activating group) is 2. The maximum atomic E-state index is 12.4. The van der Waals surface area contributed by atoms with Gasteiger partial charge in [-0.25, -0.2) is 4.98 Å². The topological polar surface area (TPSA) is 116 Å². The number of carbonyl (C=O) groups excluding carboxylic acids is 1. The minimum absolute atomic E-state index is 0.193. The lowest BCUT2D eigenvalue weighted by atomic mass is 10.1. The van der Waals surface area contributed by atoms with E-state index in [1.54, 1.807) is 6.20 Å². The van der Waals surface area contributed by atoms with Crippen LogP contribution in [-0.2, 0) is 4.79 Å². The van der Waals surface area contributed by atoms with Gasteiger partial charge in [0.05, 0.1) is 5.69 Å². The number of nitrogen functional groups attached to an aromatic ring is 1. The first-order chi connectivity index (χ1) is 19.4. The Kier molecular flexibility index (Phi) is 8.18. The Balaban J connectivity index is 1.37. The molecule has 4 N–H and O–H groups in total. The molecular weight excluding hydrogens is 502 g/mol. The number of benzene rings is 2. The van der Waals surface area contributed by atoms with Gasteiger partial charge in [-0.15, -0.1) is 0 Å². The summed E-state index contributed by atoms with van der Waals surface area (Å²) in [6.45, 7) is 4.83. The van der Waals surface area contributed by atoms with Crippen LogP contribution < -0.4 is 21.3 Å². The van der Waals surface area contributed by atoms with Gasteiger partial charge in [0.15, 0.2) is 0 Å². The summed E-state index contributed by atoms with van der Waals surface area (Å²) < 4.78 is 0. The van der Waals surface area contributed by atoms with E-state index in [1.165, 1.54) is 11.8 Å². The molecule has 40 heavy (non-hydrogen) atoms. The summed E-state index contributed by atoms with van der Waals surface area (Å²) in [6, 6.07) is 17.6. The number of piperazine rings is 1. The van der Waals surface area contributed by atoms with Gasteiger partial charge in [0, 0.05) is 73.0 Å². The second-order valence-corrected chi connectivity index (χ2v) is 10.2. The van der Waals surface area contributed by atoms with Crippen molar-refractivity contribution in [2.45, 2.75) is 0 Å². The lowest BCUT2D eigenvalue weighted by molar-refractivity contribution is -0.111. The van der Waals surface area contributed by atoms with E-state index in [9.17, 15) is 4.79 Å². The van der Waals surface area contributed by atoms with Crippen LogP contribution >= 0.6 is 0 Å². The zero-order chi connectivity index (χ0) is 28.1. The third-order valence-electron chi connectivity index (χ3n) is 6.78. The number of aromatic nitrogens is 3. The Labute approximate surface area is 234 Å². The van der Waals surface area contributed by atoms with Crippen molar-refractivity contribution in [3.8, 4) is 11.3 Å². The molecule has 0 radical (unpaired) electrons. The third kappa shape index (κ3) is 6.53. The average Bonchev–Trinajstić information content (AvgIpc) is 2.94. The summed E-state index contributed by atoms with van der Waals surface area (Å²) in [5.41, 5.74) is 11.2. The predicted molar refractivity (Wildman–Crippen MR) is 163 cm³/mol. The van der Waals surface area contributed by atoms with E-state index < -0.39 is 0 Å². The lowest BCUT2D eigenvalue weighted by Crippen LogP contribution is -2.44. The molecular formula is C30H35N9O. The van der Waals surface area contributed by atoms with E-state index in [-0.39, 0.29) is 5.91 Å². The maximum Gasteiger partial charge on any atom is 0.248 e. The number of anilines is 5. The summed E-state index contributed by atoms with van der Waals surface area (Å²) >= 11 is 0. The Morgan fingerprint density at radius 3 is 2.55 bits per heavy atom. The van der Waals surface area contributed by atoms with Crippen molar-refractivity contribution in [1.29, 1.82) is 0 Å². The Morgan fingerprint density at radius 1 is 1.02 bits per heavy atom. The molecule has 10 heteroatoms. The number of nitrogens with two attached hydrogens (primary N) is 1. The largest absolute Gasteiger partial charge is 0.383 e. The van der Waals surface area contributed by atoms with Gasteiger partial charge < -0.3 is 31.1 Å². The zero-order valence-corrected chi connectivity index (χ0v) is 23.1. The van der Waals surface area contributed by atoms with Gasteiger partial charge in [0.25, 0.3) is 0 Å². The summed E-state index contributed by atoms with van der Waals surface area (Å²) in [6.07, 6.45) is 5.04. The fourth-order valence-electron chi connectivity index (χ4n) is 4.59. The molecule has 4 aromatic rings. The van der Waals surface area contributed by atoms with Crippen molar-refractivity contribution in [3.63, 3.8) is 0 Å². The number of fused-ring (bicyclic) bond motifs is 1. The molecule has 2 aromatic carbocycles. The Hall–Kier alpha value is -4.54. The number of rotatable bonds is 8. The number of amides is 1. The molecule has 206 valence electrons. The molecule has 1 saturated heterocycles. The van der Waals surface area contributed by atoms with Gasteiger partial charge in [-0.1, -0.05) is 18.2 Å². The molecule has 1 aliphatic heterocycles. The highest BCUT2D eigenvalue weighted by atomic mass is 16.1. The molecule has 1 amide bonds. The van der Waals surface area contributed by atoms with Crippen molar-refractivity contribution in [1.82, 2.24) is 24.8 Å². The van der Waals surface area contributed by atoms with Crippen LogP contribution in [0.2, 0.25) is 0 Å². The first-order valence-corrected chi connectivity index (χ1v) is 13.3. The third-order valence-corrected chi connectivity index (χ3v) is 6.78. The van der Waals surface area contributed by atoms with Crippen molar-refractivity contribution in [3.05, 3.63) is 72.9 Å². The number of pyridine rings is 1. The van der Waals surface area contributed by atoms with Crippen LogP contribution in [0.15, 0.2) is 72.9 Å². The van der Waals surface area contributed by atoms with Gasteiger partial charge in [0.1, 0.15) is 11.3 Å².